The molecule has 0 spiro atoms. The lowest BCUT2D eigenvalue weighted by atomic mass is 10.0. The first-order valence-electron chi connectivity index (χ1n) is 8.11. The summed E-state index contributed by atoms with van der Waals surface area (Å²) in [5, 5.41) is 5.25. The number of rotatable bonds is 7. The van der Waals surface area contributed by atoms with Crippen LogP contribution >= 0.6 is 0 Å². The summed E-state index contributed by atoms with van der Waals surface area (Å²) in [6.45, 7) is 12.6. The van der Waals surface area contributed by atoms with Crippen LogP contribution in [-0.4, -0.2) is 42.3 Å². The number of nitrogens with one attached hydrogen (secondary N) is 2. The molecule has 0 bridgehead atoms. The Hall–Kier alpha value is -2.05. The summed E-state index contributed by atoms with van der Waals surface area (Å²) in [6.07, 6.45) is 2.22. The molecule has 0 aromatic rings. The first-order chi connectivity index (χ1) is 11.0. The lowest BCUT2D eigenvalue weighted by molar-refractivity contribution is -0.137. The predicted octanol–water partition coefficient (Wildman–Crippen LogP) is 2.16. The Kier molecular flexibility index (Phi) is 9.10. The van der Waals surface area contributed by atoms with E-state index in [9.17, 15) is 14.4 Å². The summed E-state index contributed by atoms with van der Waals surface area (Å²) in [5.74, 6) is -0.765. The molecule has 0 rings (SSSR count). The van der Waals surface area contributed by atoms with Crippen molar-refractivity contribution in [1.29, 1.82) is 0 Å². The van der Waals surface area contributed by atoms with Gasteiger partial charge in [0.15, 0.2) is 0 Å². The largest absolute Gasteiger partial charge is 0.463 e. The van der Waals surface area contributed by atoms with Crippen molar-refractivity contribution in [3.8, 4) is 0 Å². The molecule has 24 heavy (non-hydrogen) atoms. The third kappa shape index (κ3) is 9.86. The standard InChI is InChI=1S/C17H30N2O5/c1-8-23-14(20)10-9-13(11(2)3)19-15(21)12(4)18-16(22)24-17(5,6)7/h9-13H,8H2,1-7H3,(H,18,22)(H,19,21)/b10-9+/t12-,13-/m0/s1. The molecule has 0 fully saturated rings. The van der Waals surface area contributed by atoms with E-state index >= 15 is 0 Å². The highest BCUT2D eigenvalue weighted by Crippen LogP contribution is 2.07. The van der Waals surface area contributed by atoms with E-state index in [1.165, 1.54) is 6.08 Å². The Labute approximate surface area is 144 Å². The van der Waals surface area contributed by atoms with Crippen molar-refractivity contribution in [2.45, 2.75) is 66.2 Å². The molecule has 0 unspecified atom stereocenters. The number of carbonyl (C=O) groups excluding carboxylic acids is 3. The molecule has 2 N–H and O–H groups in total. The highest BCUT2D eigenvalue weighted by atomic mass is 16.6. The van der Waals surface area contributed by atoms with Gasteiger partial charge in [-0.3, -0.25) is 4.79 Å². The van der Waals surface area contributed by atoms with Crippen LogP contribution in [0.2, 0.25) is 0 Å². The molecule has 2 atom stereocenters. The van der Waals surface area contributed by atoms with Crippen molar-refractivity contribution in [2.24, 2.45) is 5.92 Å². The van der Waals surface area contributed by atoms with Crippen molar-refractivity contribution in [2.75, 3.05) is 6.61 Å². The van der Waals surface area contributed by atoms with Crippen LogP contribution in [-0.2, 0) is 19.1 Å². The van der Waals surface area contributed by atoms with Gasteiger partial charge in [-0.1, -0.05) is 19.9 Å². The number of carbonyl (C=O) groups is 3. The van der Waals surface area contributed by atoms with E-state index in [-0.39, 0.29) is 17.9 Å². The fourth-order valence-electron chi connectivity index (χ4n) is 1.65. The van der Waals surface area contributed by atoms with Crippen LogP contribution in [0.15, 0.2) is 12.2 Å². The summed E-state index contributed by atoms with van der Waals surface area (Å²) < 4.78 is 9.92. The lowest BCUT2D eigenvalue weighted by Gasteiger charge is -2.24. The fourth-order valence-corrected chi connectivity index (χ4v) is 1.65. The van der Waals surface area contributed by atoms with Gasteiger partial charge in [-0.25, -0.2) is 9.59 Å². The molecule has 0 saturated heterocycles. The van der Waals surface area contributed by atoms with E-state index in [0.717, 1.165) is 0 Å². The van der Waals surface area contributed by atoms with Crippen LogP contribution in [0.25, 0.3) is 0 Å². The maximum atomic E-state index is 12.2. The Balaban J connectivity index is 4.66. The molecule has 0 aliphatic rings. The van der Waals surface area contributed by atoms with Crippen LogP contribution in [0.4, 0.5) is 4.79 Å². The summed E-state index contributed by atoms with van der Waals surface area (Å²) in [6, 6.07) is -1.12. The van der Waals surface area contributed by atoms with Gasteiger partial charge in [0.05, 0.1) is 12.6 Å². The highest BCUT2D eigenvalue weighted by molar-refractivity contribution is 5.86. The second-order valence-electron chi connectivity index (χ2n) is 6.76. The maximum absolute atomic E-state index is 12.2. The van der Waals surface area contributed by atoms with Gasteiger partial charge >= 0.3 is 12.1 Å². The van der Waals surface area contributed by atoms with Crippen LogP contribution in [0.1, 0.15) is 48.5 Å². The first kappa shape index (κ1) is 21.9. The van der Waals surface area contributed by atoms with Crippen LogP contribution in [0.3, 0.4) is 0 Å². The zero-order valence-corrected chi connectivity index (χ0v) is 15.6. The Bertz CT molecular complexity index is 466. The summed E-state index contributed by atoms with van der Waals surface area (Å²) in [5.41, 5.74) is -0.636. The van der Waals surface area contributed by atoms with Gasteiger partial charge in [0.2, 0.25) is 5.91 Å². The smallest absolute Gasteiger partial charge is 0.408 e. The maximum Gasteiger partial charge on any atom is 0.408 e. The predicted molar refractivity (Wildman–Crippen MR) is 91.4 cm³/mol. The Morgan fingerprint density at radius 1 is 1.08 bits per heavy atom. The van der Waals surface area contributed by atoms with Crippen molar-refractivity contribution in [1.82, 2.24) is 10.6 Å². The average molecular weight is 342 g/mol. The zero-order valence-electron chi connectivity index (χ0n) is 15.6. The molecule has 138 valence electrons. The van der Waals surface area contributed by atoms with Gasteiger partial charge in [0, 0.05) is 6.08 Å². The molecule has 0 aromatic heterocycles. The highest BCUT2D eigenvalue weighted by Gasteiger charge is 2.23. The molecular formula is C17H30N2O5. The third-order valence-corrected chi connectivity index (χ3v) is 2.88. The molecule has 2 amide bonds. The van der Waals surface area contributed by atoms with E-state index in [4.69, 9.17) is 9.47 Å². The minimum absolute atomic E-state index is 0.0633. The van der Waals surface area contributed by atoms with Crippen molar-refractivity contribution in [3.05, 3.63) is 12.2 Å². The number of amides is 2. The Morgan fingerprint density at radius 2 is 1.67 bits per heavy atom. The van der Waals surface area contributed by atoms with Crippen LogP contribution in [0.5, 0.6) is 0 Å². The Morgan fingerprint density at radius 3 is 2.12 bits per heavy atom. The average Bonchev–Trinajstić information content (AvgIpc) is 2.40. The lowest BCUT2D eigenvalue weighted by Crippen LogP contribution is -2.49. The van der Waals surface area contributed by atoms with Crippen LogP contribution in [0, 0.1) is 5.92 Å². The van der Waals surface area contributed by atoms with Gasteiger partial charge in [-0.2, -0.15) is 0 Å². The van der Waals surface area contributed by atoms with Crippen molar-refractivity contribution < 1.29 is 23.9 Å². The van der Waals surface area contributed by atoms with E-state index in [1.54, 1.807) is 40.7 Å². The minimum Gasteiger partial charge on any atom is -0.463 e. The van der Waals surface area contributed by atoms with E-state index < -0.39 is 23.7 Å². The number of ether oxygens (including phenoxy) is 2. The first-order valence-corrected chi connectivity index (χ1v) is 8.11. The molecule has 7 heteroatoms. The molecule has 0 aromatic carbocycles. The molecule has 0 aliphatic carbocycles. The molecule has 0 saturated carbocycles. The summed E-state index contributed by atoms with van der Waals surface area (Å²) in [4.78, 5) is 35.3. The normalized spacial score (nSPS) is 14.2. The number of alkyl carbamates (subject to hydrolysis) is 1. The number of hydrogen-bond donors (Lipinski definition) is 2. The number of hydrogen-bond acceptors (Lipinski definition) is 5. The second-order valence-corrected chi connectivity index (χ2v) is 6.76. The van der Waals surface area contributed by atoms with Crippen LogP contribution < -0.4 is 10.6 Å². The minimum atomic E-state index is -0.767. The quantitative estimate of drug-likeness (QED) is 0.546. The molecular weight excluding hydrogens is 312 g/mol. The molecule has 7 nitrogen and oxygen atoms in total. The summed E-state index contributed by atoms with van der Waals surface area (Å²) in [7, 11) is 0. The van der Waals surface area contributed by atoms with Gasteiger partial charge in [-0.15, -0.1) is 0 Å². The van der Waals surface area contributed by atoms with Crippen molar-refractivity contribution in [3.63, 3.8) is 0 Å². The SMILES string of the molecule is CCOC(=O)/C=C/[C@H](NC(=O)[C@H](C)NC(=O)OC(C)(C)C)C(C)C. The van der Waals surface area contributed by atoms with Gasteiger partial charge in [-0.05, 0) is 40.5 Å². The fraction of sp³-hybridized carbons (Fsp3) is 0.706. The number of esters is 1. The van der Waals surface area contributed by atoms with E-state index in [2.05, 4.69) is 10.6 Å². The third-order valence-electron chi connectivity index (χ3n) is 2.88. The zero-order chi connectivity index (χ0) is 18.9. The molecule has 0 heterocycles. The second kappa shape index (κ2) is 9.95. The monoisotopic (exact) mass is 342 g/mol. The molecule has 0 aliphatic heterocycles. The van der Waals surface area contributed by atoms with Gasteiger partial charge in [0.25, 0.3) is 0 Å². The van der Waals surface area contributed by atoms with Gasteiger partial charge in [0.1, 0.15) is 11.6 Å². The van der Waals surface area contributed by atoms with E-state index in [0.29, 0.717) is 6.61 Å². The van der Waals surface area contributed by atoms with E-state index in [1.807, 2.05) is 13.8 Å². The summed E-state index contributed by atoms with van der Waals surface area (Å²) >= 11 is 0. The molecule has 0 radical (unpaired) electrons. The topological polar surface area (TPSA) is 93.7 Å². The van der Waals surface area contributed by atoms with Crippen molar-refractivity contribution >= 4 is 18.0 Å². The van der Waals surface area contributed by atoms with Gasteiger partial charge < -0.3 is 20.1 Å².